The highest BCUT2D eigenvalue weighted by Gasteiger charge is 1.93. The van der Waals surface area contributed by atoms with E-state index in [9.17, 15) is 0 Å². The van der Waals surface area contributed by atoms with Crippen molar-refractivity contribution in [2.75, 3.05) is 6.54 Å². The lowest BCUT2D eigenvalue weighted by atomic mass is 10.4. The lowest BCUT2D eigenvalue weighted by molar-refractivity contribution is 0.739. The molecule has 1 heterocycles. The van der Waals surface area contributed by atoms with Gasteiger partial charge in [0.25, 0.3) is 0 Å². The molecule has 0 saturated heterocycles. The van der Waals surface area contributed by atoms with E-state index in [4.69, 9.17) is 5.73 Å². The number of nitrogens with zero attached hydrogens (tertiary/aromatic N) is 3. The minimum absolute atomic E-state index is 0. The van der Waals surface area contributed by atoms with Crippen molar-refractivity contribution in [3.8, 4) is 0 Å². The van der Waals surface area contributed by atoms with Gasteiger partial charge in [-0.15, -0.1) is 24.8 Å². The Kier molecular flexibility index (Phi) is 7.72. The van der Waals surface area contributed by atoms with Gasteiger partial charge < -0.3 is 5.73 Å². The van der Waals surface area contributed by atoms with E-state index in [2.05, 4.69) is 10.1 Å². The maximum Gasteiger partial charge on any atom is 0.151 e. The highest BCUT2D eigenvalue weighted by atomic mass is 35.5. The summed E-state index contributed by atoms with van der Waals surface area (Å²) >= 11 is 0. The Labute approximate surface area is 78.0 Å². The highest BCUT2D eigenvalue weighted by molar-refractivity contribution is 5.85. The Morgan fingerprint density at radius 3 is 2.55 bits per heavy atom. The molecule has 11 heavy (non-hydrogen) atoms. The van der Waals surface area contributed by atoms with Crippen molar-refractivity contribution in [3.63, 3.8) is 0 Å². The third kappa shape index (κ3) is 4.19. The van der Waals surface area contributed by atoms with Gasteiger partial charge in [0.2, 0.25) is 0 Å². The largest absolute Gasteiger partial charge is 0.330 e. The van der Waals surface area contributed by atoms with Crippen molar-refractivity contribution in [2.45, 2.75) is 6.42 Å². The number of halogens is 2. The van der Waals surface area contributed by atoms with E-state index in [1.807, 2.05) is 7.05 Å². The van der Waals surface area contributed by atoms with Crippen molar-refractivity contribution in [2.24, 2.45) is 12.8 Å². The predicted octanol–water partition coefficient (Wildman–Crippen LogP) is 0.160. The predicted molar refractivity (Wildman–Crippen MR) is 48.3 cm³/mol. The van der Waals surface area contributed by atoms with E-state index in [0.29, 0.717) is 6.54 Å². The molecule has 0 aliphatic heterocycles. The van der Waals surface area contributed by atoms with Crippen LogP contribution in [0.1, 0.15) is 5.82 Å². The van der Waals surface area contributed by atoms with Gasteiger partial charge in [-0.05, 0) is 6.54 Å². The summed E-state index contributed by atoms with van der Waals surface area (Å²) in [6.07, 6.45) is 2.44. The average Bonchev–Trinajstić information content (AvgIpc) is 2.17. The summed E-state index contributed by atoms with van der Waals surface area (Å²) in [5.74, 6) is 0.819. The number of hydrogen-bond donors (Lipinski definition) is 1. The second-order valence-electron chi connectivity index (χ2n) is 1.87. The molecule has 0 radical (unpaired) electrons. The summed E-state index contributed by atoms with van der Waals surface area (Å²) in [5.41, 5.74) is 5.28. The fourth-order valence-electron chi connectivity index (χ4n) is 0.628. The van der Waals surface area contributed by atoms with Crippen LogP contribution < -0.4 is 5.73 Å². The molecule has 0 spiro atoms. The number of nitrogens with two attached hydrogens (primary N) is 1. The molecule has 4 nitrogen and oxygen atoms in total. The second kappa shape index (κ2) is 6.39. The first-order chi connectivity index (χ1) is 4.33. The van der Waals surface area contributed by atoms with Gasteiger partial charge in [0.15, 0.2) is 5.82 Å². The first-order valence-electron chi connectivity index (χ1n) is 2.87. The Morgan fingerprint density at radius 2 is 2.18 bits per heavy atom. The molecule has 0 aliphatic rings. The van der Waals surface area contributed by atoms with Gasteiger partial charge in [0.05, 0.1) is 0 Å². The molecule has 0 bridgehead atoms. The zero-order valence-electron chi connectivity index (χ0n) is 6.23. The quantitative estimate of drug-likeness (QED) is 0.738. The summed E-state index contributed by atoms with van der Waals surface area (Å²) < 4.78 is 1.67. The van der Waals surface area contributed by atoms with Crippen LogP contribution in [-0.4, -0.2) is 21.3 Å². The van der Waals surface area contributed by atoms with Gasteiger partial charge >= 0.3 is 0 Å². The number of hydrogen-bond acceptors (Lipinski definition) is 3. The minimum atomic E-state index is 0. The van der Waals surface area contributed by atoms with E-state index in [0.717, 1.165) is 12.2 Å². The molecule has 0 saturated carbocycles. The molecule has 0 aromatic carbocycles. The van der Waals surface area contributed by atoms with E-state index in [-0.39, 0.29) is 24.8 Å². The van der Waals surface area contributed by atoms with Gasteiger partial charge in [0, 0.05) is 13.5 Å². The smallest absolute Gasteiger partial charge is 0.151 e. The molecular weight excluding hydrogens is 187 g/mol. The van der Waals surface area contributed by atoms with Crippen LogP contribution in [0.25, 0.3) is 0 Å². The molecule has 1 aromatic heterocycles. The molecule has 2 N–H and O–H groups in total. The standard InChI is InChI=1S/C5H10N4.2ClH/c1-9-4-7-5(8-9)2-3-6;;/h4H,2-3,6H2,1H3;2*1H. The highest BCUT2D eigenvalue weighted by Crippen LogP contribution is 1.85. The Morgan fingerprint density at radius 1 is 1.55 bits per heavy atom. The maximum atomic E-state index is 5.28. The Balaban J connectivity index is 0. The van der Waals surface area contributed by atoms with E-state index in [1.165, 1.54) is 0 Å². The lowest BCUT2D eigenvalue weighted by Crippen LogP contribution is -2.04. The van der Waals surface area contributed by atoms with Crippen molar-refractivity contribution in [1.29, 1.82) is 0 Å². The molecule has 6 heteroatoms. The van der Waals surface area contributed by atoms with Crippen LogP contribution >= 0.6 is 24.8 Å². The van der Waals surface area contributed by atoms with Gasteiger partial charge in [-0.3, -0.25) is 4.68 Å². The zero-order valence-corrected chi connectivity index (χ0v) is 7.86. The Hall–Kier alpha value is -0.320. The van der Waals surface area contributed by atoms with E-state index in [1.54, 1.807) is 11.0 Å². The first-order valence-corrected chi connectivity index (χ1v) is 2.87. The van der Waals surface area contributed by atoms with Crippen LogP contribution in [0.4, 0.5) is 0 Å². The SMILES string of the molecule is Cl.Cl.Cn1cnc(CCN)n1. The Bertz CT molecular complexity index is 188. The zero-order chi connectivity index (χ0) is 6.69. The summed E-state index contributed by atoms with van der Waals surface area (Å²) in [7, 11) is 1.84. The maximum absolute atomic E-state index is 5.28. The van der Waals surface area contributed by atoms with Crippen LogP contribution in [0, 0.1) is 0 Å². The van der Waals surface area contributed by atoms with Crippen molar-refractivity contribution in [3.05, 3.63) is 12.2 Å². The molecule has 0 atom stereocenters. The lowest BCUT2D eigenvalue weighted by Gasteiger charge is -1.85. The molecule has 0 unspecified atom stereocenters. The van der Waals surface area contributed by atoms with Crippen LogP contribution in [0.15, 0.2) is 6.33 Å². The molecule has 66 valence electrons. The normalized spacial score (nSPS) is 8.18. The fraction of sp³-hybridized carbons (Fsp3) is 0.600. The summed E-state index contributed by atoms with van der Waals surface area (Å²) in [5, 5.41) is 4.03. The van der Waals surface area contributed by atoms with E-state index >= 15 is 0 Å². The molecule has 1 rings (SSSR count). The third-order valence-corrected chi connectivity index (χ3v) is 1.01. The monoisotopic (exact) mass is 198 g/mol. The summed E-state index contributed by atoms with van der Waals surface area (Å²) in [6, 6.07) is 0. The van der Waals surface area contributed by atoms with Gasteiger partial charge in [-0.2, -0.15) is 5.10 Å². The topological polar surface area (TPSA) is 56.7 Å². The van der Waals surface area contributed by atoms with Crippen LogP contribution in [0.3, 0.4) is 0 Å². The van der Waals surface area contributed by atoms with Crippen LogP contribution in [0.5, 0.6) is 0 Å². The van der Waals surface area contributed by atoms with Gasteiger partial charge in [-0.1, -0.05) is 0 Å². The van der Waals surface area contributed by atoms with Crippen LogP contribution in [0.2, 0.25) is 0 Å². The number of aryl methyl sites for hydroxylation is 1. The molecule has 1 aromatic rings. The minimum Gasteiger partial charge on any atom is -0.330 e. The fourth-order valence-corrected chi connectivity index (χ4v) is 0.628. The van der Waals surface area contributed by atoms with Crippen LogP contribution in [-0.2, 0) is 13.5 Å². The van der Waals surface area contributed by atoms with Gasteiger partial charge in [-0.25, -0.2) is 4.98 Å². The molecular formula is C5H12Cl2N4. The van der Waals surface area contributed by atoms with E-state index < -0.39 is 0 Å². The first kappa shape index (κ1) is 13.3. The summed E-state index contributed by atoms with van der Waals surface area (Å²) in [4.78, 5) is 3.98. The molecule has 0 amide bonds. The molecule has 0 aliphatic carbocycles. The molecule has 0 fully saturated rings. The average molecular weight is 199 g/mol. The number of aromatic nitrogens is 3. The van der Waals surface area contributed by atoms with Gasteiger partial charge in [0.1, 0.15) is 6.33 Å². The van der Waals surface area contributed by atoms with Crippen molar-refractivity contribution >= 4 is 24.8 Å². The van der Waals surface area contributed by atoms with Crippen molar-refractivity contribution < 1.29 is 0 Å². The third-order valence-electron chi connectivity index (χ3n) is 1.01. The summed E-state index contributed by atoms with van der Waals surface area (Å²) in [6.45, 7) is 0.615. The van der Waals surface area contributed by atoms with Crippen molar-refractivity contribution in [1.82, 2.24) is 14.8 Å². The second-order valence-corrected chi connectivity index (χ2v) is 1.87. The number of rotatable bonds is 2.